The predicted octanol–water partition coefficient (Wildman–Crippen LogP) is 1.09. The zero-order valence-electron chi connectivity index (χ0n) is 10.4. The molecule has 6 nitrogen and oxygen atoms in total. The maximum Gasteiger partial charge on any atom is 0.333 e. The number of nitriles is 1. The molecule has 0 radical (unpaired) electrons. The molecule has 0 heterocycles. The van der Waals surface area contributed by atoms with Gasteiger partial charge in [-0.25, -0.2) is 9.59 Å². The van der Waals surface area contributed by atoms with Gasteiger partial charge in [-0.15, -0.1) is 0 Å². The smallest absolute Gasteiger partial charge is 0.333 e. The van der Waals surface area contributed by atoms with Crippen LogP contribution in [-0.2, 0) is 23.8 Å². The minimum atomic E-state index is -0.846. The molecule has 0 fully saturated rings. The van der Waals surface area contributed by atoms with Crippen LogP contribution >= 0.6 is 0 Å². The molecule has 0 aromatic rings. The van der Waals surface area contributed by atoms with Crippen molar-refractivity contribution in [1.29, 1.82) is 5.26 Å². The SMILES string of the molecule is C=C(C)C(=O)OCC(COC(=O)C(=C)C)OC#N. The molecule has 0 bridgehead atoms. The van der Waals surface area contributed by atoms with Crippen LogP contribution < -0.4 is 0 Å². The van der Waals surface area contributed by atoms with Crippen molar-refractivity contribution in [3.8, 4) is 6.26 Å². The molecule has 0 atom stereocenters. The molecule has 0 unspecified atom stereocenters. The average molecular weight is 253 g/mol. The van der Waals surface area contributed by atoms with Crippen LogP contribution in [0, 0.1) is 11.5 Å². The molecule has 0 saturated carbocycles. The Morgan fingerprint density at radius 1 is 1.11 bits per heavy atom. The lowest BCUT2D eigenvalue weighted by atomic mass is 10.3. The predicted molar refractivity (Wildman–Crippen MR) is 62.0 cm³/mol. The molecular formula is C12H15NO5. The van der Waals surface area contributed by atoms with Gasteiger partial charge in [-0.2, -0.15) is 5.26 Å². The molecule has 0 spiro atoms. The van der Waals surface area contributed by atoms with Crippen LogP contribution in [0.2, 0.25) is 0 Å². The zero-order valence-corrected chi connectivity index (χ0v) is 10.4. The molecule has 0 aromatic carbocycles. The van der Waals surface area contributed by atoms with E-state index in [4.69, 9.17) is 14.7 Å². The number of carbonyl (C=O) groups excluding carboxylic acids is 2. The maximum atomic E-state index is 11.1. The molecule has 0 aromatic heterocycles. The molecule has 98 valence electrons. The summed E-state index contributed by atoms with van der Waals surface area (Å²) in [7, 11) is 0. The van der Waals surface area contributed by atoms with E-state index in [1.54, 1.807) is 0 Å². The monoisotopic (exact) mass is 253 g/mol. The lowest BCUT2D eigenvalue weighted by Crippen LogP contribution is -2.27. The third-order valence-corrected chi connectivity index (χ3v) is 1.72. The fraction of sp³-hybridized carbons (Fsp3) is 0.417. The molecule has 0 rings (SSSR count). The summed E-state index contributed by atoms with van der Waals surface area (Å²) in [5, 5.41) is 8.40. The van der Waals surface area contributed by atoms with E-state index in [1.165, 1.54) is 20.1 Å². The minimum Gasteiger partial charge on any atom is -0.458 e. The summed E-state index contributed by atoms with van der Waals surface area (Å²) >= 11 is 0. The van der Waals surface area contributed by atoms with Crippen molar-refractivity contribution >= 4 is 11.9 Å². The van der Waals surface area contributed by atoms with Gasteiger partial charge in [0.25, 0.3) is 6.26 Å². The summed E-state index contributed by atoms with van der Waals surface area (Å²) in [5.41, 5.74) is 0.453. The van der Waals surface area contributed by atoms with Gasteiger partial charge in [0.1, 0.15) is 13.2 Å². The van der Waals surface area contributed by atoms with Gasteiger partial charge in [-0.05, 0) is 13.8 Å². The number of nitrogens with zero attached hydrogens (tertiary/aromatic N) is 1. The Hall–Kier alpha value is -2.29. The number of carbonyl (C=O) groups is 2. The number of hydrogen-bond donors (Lipinski definition) is 0. The van der Waals surface area contributed by atoms with Crippen molar-refractivity contribution in [2.24, 2.45) is 0 Å². The Morgan fingerprint density at radius 3 is 1.78 bits per heavy atom. The van der Waals surface area contributed by atoms with Crippen molar-refractivity contribution in [3.63, 3.8) is 0 Å². The molecule has 0 N–H and O–H groups in total. The van der Waals surface area contributed by atoms with E-state index in [1.807, 2.05) is 0 Å². The van der Waals surface area contributed by atoms with Gasteiger partial charge in [0.15, 0.2) is 6.10 Å². The summed E-state index contributed by atoms with van der Waals surface area (Å²) in [6.07, 6.45) is 0.601. The minimum absolute atomic E-state index is 0.206. The molecular weight excluding hydrogens is 238 g/mol. The van der Waals surface area contributed by atoms with Gasteiger partial charge < -0.3 is 14.2 Å². The summed E-state index contributed by atoms with van der Waals surface area (Å²) in [4.78, 5) is 22.2. The van der Waals surface area contributed by atoms with Crippen LogP contribution in [0.15, 0.2) is 24.3 Å². The average Bonchev–Trinajstić information content (AvgIpc) is 2.31. The van der Waals surface area contributed by atoms with Crippen molar-refractivity contribution < 1.29 is 23.8 Å². The van der Waals surface area contributed by atoms with Gasteiger partial charge in [-0.3, -0.25) is 0 Å². The quantitative estimate of drug-likeness (QED) is 0.383. The van der Waals surface area contributed by atoms with Crippen LogP contribution in [0.3, 0.4) is 0 Å². The van der Waals surface area contributed by atoms with E-state index in [2.05, 4.69) is 17.9 Å². The van der Waals surface area contributed by atoms with Crippen molar-refractivity contribution in [1.82, 2.24) is 0 Å². The standard InChI is InChI=1S/C12H15NO5/c1-8(2)11(14)16-5-10(18-7-13)6-17-12(15)9(3)4/h10H,1,3,5-6H2,2,4H3. The summed E-state index contributed by atoms with van der Waals surface area (Å²) < 4.78 is 14.2. The number of ether oxygens (including phenoxy) is 3. The van der Waals surface area contributed by atoms with Crippen LogP contribution in [0.25, 0.3) is 0 Å². The third kappa shape index (κ3) is 6.33. The van der Waals surface area contributed by atoms with Gasteiger partial charge in [0.2, 0.25) is 0 Å². The highest BCUT2D eigenvalue weighted by atomic mass is 16.6. The highest BCUT2D eigenvalue weighted by Gasteiger charge is 2.16. The summed E-state index contributed by atoms with van der Waals surface area (Å²) in [6.45, 7) is 9.37. The van der Waals surface area contributed by atoms with E-state index < -0.39 is 18.0 Å². The van der Waals surface area contributed by atoms with Crippen molar-refractivity contribution in [2.45, 2.75) is 20.0 Å². The Bertz CT molecular complexity index is 364. The number of rotatable bonds is 7. The second kappa shape index (κ2) is 7.90. The van der Waals surface area contributed by atoms with Crippen LogP contribution in [0.5, 0.6) is 0 Å². The second-order valence-corrected chi connectivity index (χ2v) is 3.59. The van der Waals surface area contributed by atoms with E-state index in [-0.39, 0.29) is 24.4 Å². The fourth-order valence-corrected chi connectivity index (χ4v) is 0.774. The first-order valence-electron chi connectivity index (χ1n) is 5.08. The molecule has 0 amide bonds. The van der Waals surface area contributed by atoms with Crippen molar-refractivity contribution in [3.05, 3.63) is 24.3 Å². The first kappa shape index (κ1) is 15.7. The normalized spacial score (nSPS) is 9.22. The topological polar surface area (TPSA) is 85.6 Å². The number of esters is 2. The van der Waals surface area contributed by atoms with Crippen LogP contribution in [-0.4, -0.2) is 31.3 Å². The lowest BCUT2D eigenvalue weighted by Gasteiger charge is -2.14. The molecule has 6 heteroatoms. The zero-order chi connectivity index (χ0) is 14.1. The Morgan fingerprint density at radius 2 is 1.50 bits per heavy atom. The molecule has 0 aliphatic rings. The van der Waals surface area contributed by atoms with E-state index in [0.29, 0.717) is 0 Å². The first-order valence-corrected chi connectivity index (χ1v) is 5.08. The fourth-order valence-electron chi connectivity index (χ4n) is 0.774. The van der Waals surface area contributed by atoms with E-state index in [9.17, 15) is 9.59 Å². The molecule has 0 aliphatic carbocycles. The van der Waals surface area contributed by atoms with Crippen LogP contribution in [0.1, 0.15) is 13.8 Å². The van der Waals surface area contributed by atoms with Gasteiger partial charge in [0, 0.05) is 11.1 Å². The Balaban J connectivity index is 4.19. The van der Waals surface area contributed by atoms with Crippen molar-refractivity contribution in [2.75, 3.05) is 13.2 Å². The highest BCUT2D eigenvalue weighted by molar-refractivity contribution is 5.87. The summed E-state index contributed by atoms with van der Waals surface area (Å²) in [5.74, 6) is -1.21. The summed E-state index contributed by atoms with van der Waals surface area (Å²) in [6, 6.07) is 0. The number of hydrogen-bond acceptors (Lipinski definition) is 6. The van der Waals surface area contributed by atoms with Crippen LogP contribution in [0.4, 0.5) is 0 Å². The Labute approximate surface area is 105 Å². The largest absolute Gasteiger partial charge is 0.458 e. The van der Waals surface area contributed by atoms with Gasteiger partial charge in [-0.1, -0.05) is 13.2 Å². The van der Waals surface area contributed by atoms with E-state index >= 15 is 0 Å². The second-order valence-electron chi connectivity index (χ2n) is 3.59. The maximum absolute atomic E-state index is 11.1. The third-order valence-electron chi connectivity index (χ3n) is 1.72. The lowest BCUT2D eigenvalue weighted by molar-refractivity contribution is -0.147. The molecule has 0 aliphatic heterocycles. The van der Waals surface area contributed by atoms with Gasteiger partial charge >= 0.3 is 11.9 Å². The van der Waals surface area contributed by atoms with E-state index in [0.717, 1.165) is 0 Å². The molecule has 0 saturated heterocycles. The Kier molecular flexibility index (Phi) is 6.89. The molecule has 18 heavy (non-hydrogen) atoms. The highest BCUT2D eigenvalue weighted by Crippen LogP contribution is 2.00. The first-order chi connectivity index (χ1) is 8.38. The van der Waals surface area contributed by atoms with Gasteiger partial charge in [0.05, 0.1) is 0 Å².